The molecule has 0 radical (unpaired) electrons. The number of fused-ring (bicyclic) bond motifs is 1. The molecule has 0 saturated carbocycles. The Morgan fingerprint density at radius 1 is 1.23 bits per heavy atom. The number of carbonyl (C=O) groups excluding carboxylic acids is 1. The van der Waals surface area contributed by atoms with E-state index in [0.29, 0.717) is 17.7 Å². The normalized spacial score (nSPS) is 25.6. The molecule has 2 aliphatic heterocycles. The number of hydrogen-bond donors (Lipinski definition) is 2. The van der Waals surface area contributed by atoms with Crippen LogP contribution in [0, 0.1) is 17.8 Å². The molecular weight excluding hydrogens is 403 g/mol. The fourth-order valence-electron chi connectivity index (χ4n) is 3.97. The molecule has 10 heteroatoms. The minimum Gasteiger partial charge on any atom is -0.475 e. The van der Waals surface area contributed by atoms with Gasteiger partial charge in [0.1, 0.15) is 5.82 Å². The number of ether oxygens (including phenoxy) is 1. The first-order valence-electron chi connectivity index (χ1n) is 9.76. The number of carbonyl (C=O) groups is 2. The summed E-state index contributed by atoms with van der Waals surface area (Å²) in [5.41, 5.74) is 0. The molecule has 3 heterocycles. The number of pyridine rings is 1. The molecule has 4 rings (SSSR count). The summed E-state index contributed by atoms with van der Waals surface area (Å²) in [4.78, 5) is 27.8. The second-order valence-electron chi connectivity index (χ2n) is 7.58. The Labute approximate surface area is 171 Å². The zero-order chi connectivity index (χ0) is 21.7. The highest BCUT2D eigenvalue weighted by atomic mass is 19.4. The van der Waals surface area contributed by atoms with Gasteiger partial charge in [0.15, 0.2) is 0 Å². The summed E-state index contributed by atoms with van der Waals surface area (Å²) in [6, 6.07) is 5.87. The maximum Gasteiger partial charge on any atom is 0.490 e. The van der Waals surface area contributed by atoms with Crippen LogP contribution in [0.15, 0.2) is 36.5 Å². The predicted molar refractivity (Wildman–Crippen MR) is 102 cm³/mol. The van der Waals surface area contributed by atoms with Crippen molar-refractivity contribution in [2.45, 2.75) is 25.1 Å². The summed E-state index contributed by atoms with van der Waals surface area (Å²) in [7, 11) is 0. The third-order valence-electron chi connectivity index (χ3n) is 5.56. The van der Waals surface area contributed by atoms with Crippen LogP contribution in [0.2, 0.25) is 0 Å². The van der Waals surface area contributed by atoms with E-state index in [2.05, 4.69) is 22.5 Å². The second-order valence-corrected chi connectivity index (χ2v) is 7.58. The van der Waals surface area contributed by atoms with Crippen molar-refractivity contribution in [3.63, 3.8) is 0 Å². The van der Waals surface area contributed by atoms with Crippen molar-refractivity contribution < 1.29 is 32.6 Å². The molecule has 7 nitrogen and oxygen atoms in total. The van der Waals surface area contributed by atoms with Gasteiger partial charge in [-0.05, 0) is 25.0 Å². The van der Waals surface area contributed by atoms with E-state index in [0.717, 1.165) is 44.9 Å². The number of allylic oxidation sites excluding steroid dienone is 2. The largest absolute Gasteiger partial charge is 0.490 e. The molecule has 1 aliphatic carbocycles. The van der Waals surface area contributed by atoms with E-state index in [9.17, 15) is 18.0 Å². The molecule has 1 amide bonds. The molecule has 0 bridgehead atoms. The van der Waals surface area contributed by atoms with E-state index in [1.807, 2.05) is 23.1 Å². The number of anilines is 1. The lowest BCUT2D eigenvalue weighted by atomic mass is 9.93. The fourth-order valence-corrected chi connectivity index (χ4v) is 3.97. The van der Waals surface area contributed by atoms with Crippen molar-refractivity contribution in [1.29, 1.82) is 0 Å². The number of hydrogen-bond acceptors (Lipinski definition) is 5. The smallest absolute Gasteiger partial charge is 0.475 e. The highest BCUT2D eigenvalue weighted by Crippen LogP contribution is 2.35. The van der Waals surface area contributed by atoms with Crippen molar-refractivity contribution in [1.82, 2.24) is 9.88 Å². The number of aliphatic carboxylic acids is 1. The summed E-state index contributed by atoms with van der Waals surface area (Å²) in [5, 5.41) is 10.5. The van der Waals surface area contributed by atoms with Gasteiger partial charge in [0.25, 0.3) is 0 Å². The number of nitrogens with zero attached hydrogens (tertiary/aromatic N) is 2. The van der Waals surface area contributed by atoms with Crippen LogP contribution in [-0.2, 0) is 14.3 Å². The molecule has 0 spiro atoms. The highest BCUT2D eigenvalue weighted by molar-refractivity contribution is 5.80. The number of aromatic nitrogens is 1. The number of carboxylic acids is 1. The Balaban J connectivity index is 0.000000318. The zero-order valence-corrected chi connectivity index (χ0v) is 16.2. The topological polar surface area (TPSA) is 91.8 Å². The first-order valence-corrected chi connectivity index (χ1v) is 9.76. The van der Waals surface area contributed by atoms with Crippen molar-refractivity contribution in [2.24, 2.45) is 17.8 Å². The Hall–Kier alpha value is -2.62. The number of alkyl halides is 3. The fraction of sp³-hybridized carbons (Fsp3) is 0.550. The average molecular weight is 427 g/mol. The lowest BCUT2D eigenvalue weighted by molar-refractivity contribution is -0.192. The molecule has 2 fully saturated rings. The van der Waals surface area contributed by atoms with Crippen LogP contribution in [0.4, 0.5) is 19.0 Å². The molecule has 164 valence electrons. The molecule has 3 atom stereocenters. The van der Waals surface area contributed by atoms with E-state index in [1.165, 1.54) is 0 Å². The SMILES string of the molecule is O=C(C1CC=CC1)N1C[C@@H]2[C@@H](CNc3ccccn3)CO[C@@H]2C1.O=C(O)C(F)(F)F. The maximum absolute atomic E-state index is 12.6. The standard InChI is InChI=1S/C18H23N3O2.C2HF3O2/c22-18(13-5-1-2-6-13)21-10-15-14(12-23-16(15)11-21)9-20-17-7-3-4-8-19-17;3-2(4,5)1(6)7/h1-4,7-8,13-16H,5-6,9-12H2,(H,19,20);(H,6,7)/t14-,15+,16+;/m0./s1. The third kappa shape index (κ3) is 5.50. The van der Waals surface area contributed by atoms with Crippen LogP contribution in [-0.4, -0.2) is 65.4 Å². The predicted octanol–water partition coefficient (Wildman–Crippen LogP) is 2.57. The highest BCUT2D eigenvalue weighted by Gasteiger charge is 2.45. The van der Waals surface area contributed by atoms with Crippen molar-refractivity contribution >= 4 is 17.7 Å². The first-order chi connectivity index (χ1) is 14.3. The zero-order valence-electron chi connectivity index (χ0n) is 16.2. The summed E-state index contributed by atoms with van der Waals surface area (Å²) in [5.74, 6) is -0.485. The molecular formula is C20H24F3N3O4. The van der Waals surface area contributed by atoms with E-state index < -0.39 is 12.1 Å². The van der Waals surface area contributed by atoms with Crippen molar-refractivity contribution in [2.75, 3.05) is 31.6 Å². The van der Waals surface area contributed by atoms with Gasteiger partial charge in [0.05, 0.1) is 12.7 Å². The van der Waals surface area contributed by atoms with Crippen LogP contribution >= 0.6 is 0 Å². The quantitative estimate of drug-likeness (QED) is 0.718. The van der Waals surface area contributed by atoms with E-state index in [4.69, 9.17) is 14.6 Å². The lowest BCUT2D eigenvalue weighted by Crippen LogP contribution is -2.35. The molecule has 2 N–H and O–H groups in total. The number of halogens is 3. The van der Waals surface area contributed by atoms with Crippen molar-refractivity contribution in [3.05, 3.63) is 36.5 Å². The van der Waals surface area contributed by atoms with Gasteiger partial charge in [-0.3, -0.25) is 4.79 Å². The number of rotatable bonds is 4. The number of likely N-dealkylation sites (tertiary alicyclic amines) is 1. The van der Waals surface area contributed by atoms with Crippen LogP contribution in [0.1, 0.15) is 12.8 Å². The summed E-state index contributed by atoms with van der Waals surface area (Å²) in [6.07, 6.45) is 2.96. The van der Waals surface area contributed by atoms with Crippen molar-refractivity contribution in [3.8, 4) is 0 Å². The van der Waals surface area contributed by atoms with Crippen LogP contribution in [0.5, 0.6) is 0 Å². The lowest BCUT2D eigenvalue weighted by Gasteiger charge is -2.23. The van der Waals surface area contributed by atoms with E-state index >= 15 is 0 Å². The Morgan fingerprint density at radius 3 is 2.53 bits per heavy atom. The maximum atomic E-state index is 12.6. The number of amides is 1. The minimum atomic E-state index is -5.08. The summed E-state index contributed by atoms with van der Waals surface area (Å²) < 4.78 is 37.7. The van der Waals surface area contributed by atoms with Gasteiger partial charge in [-0.2, -0.15) is 13.2 Å². The Kier molecular flexibility index (Phi) is 6.96. The molecule has 3 aliphatic rings. The summed E-state index contributed by atoms with van der Waals surface area (Å²) >= 11 is 0. The second kappa shape index (κ2) is 9.46. The molecule has 0 aromatic carbocycles. The number of nitrogens with one attached hydrogen (secondary N) is 1. The van der Waals surface area contributed by atoms with Gasteiger partial charge in [0, 0.05) is 43.6 Å². The molecule has 2 saturated heterocycles. The van der Waals surface area contributed by atoms with E-state index in [1.54, 1.807) is 6.20 Å². The van der Waals surface area contributed by atoms with Gasteiger partial charge in [-0.15, -0.1) is 0 Å². The van der Waals surface area contributed by atoms with Crippen LogP contribution < -0.4 is 5.32 Å². The number of carboxylic acid groups (broad SMARTS) is 1. The van der Waals surface area contributed by atoms with Gasteiger partial charge in [-0.25, -0.2) is 9.78 Å². The third-order valence-corrected chi connectivity index (χ3v) is 5.56. The Morgan fingerprint density at radius 2 is 1.93 bits per heavy atom. The molecule has 0 unspecified atom stereocenters. The van der Waals surface area contributed by atoms with Crippen LogP contribution in [0.3, 0.4) is 0 Å². The van der Waals surface area contributed by atoms with E-state index in [-0.39, 0.29) is 12.0 Å². The average Bonchev–Trinajstić information content (AvgIpc) is 3.44. The molecule has 1 aromatic heterocycles. The summed E-state index contributed by atoms with van der Waals surface area (Å²) in [6.45, 7) is 3.24. The van der Waals surface area contributed by atoms with Crippen LogP contribution in [0.25, 0.3) is 0 Å². The van der Waals surface area contributed by atoms with Gasteiger partial charge in [-0.1, -0.05) is 18.2 Å². The van der Waals surface area contributed by atoms with Gasteiger partial charge in [0.2, 0.25) is 5.91 Å². The molecule has 30 heavy (non-hydrogen) atoms. The van der Waals surface area contributed by atoms with Gasteiger partial charge >= 0.3 is 12.1 Å². The monoisotopic (exact) mass is 427 g/mol. The molecule has 1 aromatic rings. The minimum absolute atomic E-state index is 0.166. The Bertz CT molecular complexity index is 764. The first kappa shape index (κ1) is 22.1. The van der Waals surface area contributed by atoms with Gasteiger partial charge < -0.3 is 20.1 Å².